The van der Waals surface area contributed by atoms with Crippen LogP contribution in [0.2, 0.25) is 10.0 Å². The van der Waals surface area contributed by atoms with Crippen molar-refractivity contribution < 1.29 is 4.79 Å². The molecule has 1 fully saturated rings. The van der Waals surface area contributed by atoms with Gasteiger partial charge in [0.25, 0.3) is 0 Å². The largest absolute Gasteiger partial charge is 0.317 e. The maximum Gasteiger partial charge on any atom is 0.225 e. The predicted octanol–water partition coefficient (Wildman–Crippen LogP) is 3.96. The number of benzene rings is 1. The third-order valence-electron chi connectivity index (χ3n) is 4.57. The Bertz CT molecular complexity index is 726. The van der Waals surface area contributed by atoms with Crippen LogP contribution in [0.4, 0.5) is 5.82 Å². The number of anilines is 1. The molecule has 0 radical (unpaired) electrons. The molecular formula is C18H22Cl2N4O. The third kappa shape index (κ3) is 4.97. The number of carbonyl (C=O) groups is 1. The molecule has 0 aliphatic carbocycles. The highest BCUT2D eigenvalue weighted by molar-refractivity contribution is 6.42. The molecule has 25 heavy (non-hydrogen) atoms. The van der Waals surface area contributed by atoms with Crippen LogP contribution in [0.15, 0.2) is 30.5 Å². The van der Waals surface area contributed by atoms with E-state index in [4.69, 9.17) is 23.2 Å². The van der Waals surface area contributed by atoms with Crippen LogP contribution >= 0.6 is 23.2 Å². The van der Waals surface area contributed by atoms with Gasteiger partial charge in [-0.05, 0) is 49.9 Å². The first-order chi connectivity index (χ1) is 12.1. The van der Waals surface area contributed by atoms with Gasteiger partial charge in [-0.15, -0.1) is 0 Å². The van der Waals surface area contributed by atoms with Crippen molar-refractivity contribution >= 4 is 34.9 Å². The lowest BCUT2D eigenvalue weighted by atomic mass is 9.93. The molecule has 1 aromatic heterocycles. The first-order valence-corrected chi connectivity index (χ1v) is 9.34. The van der Waals surface area contributed by atoms with E-state index in [0.29, 0.717) is 34.7 Å². The average molecular weight is 381 g/mol. The van der Waals surface area contributed by atoms with Gasteiger partial charge in [0.05, 0.1) is 22.8 Å². The van der Waals surface area contributed by atoms with Crippen LogP contribution in [0.1, 0.15) is 31.2 Å². The Kier molecular flexibility index (Phi) is 6.34. The number of amides is 1. The molecular weight excluding hydrogens is 359 g/mol. The van der Waals surface area contributed by atoms with E-state index in [1.807, 2.05) is 12.1 Å². The minimum atomic E-state index is 0.0254. The summed E-state index contributed by atoms with van der Waals surface area (Å²) in [7, 11) is 0. The highest BCUT2D eigenvalue weighted by atomic mass is 35.5. The van der Waals surface area contributed by atoms with Gasteiger partial charge in [-0.1, -0.05) is 35.3 Å². The number of piperidine rings is 1. The predicted molar refractivity (Wildman–Crippen MR) is 101 cm³/mol. The summed E-state index contributed by atoms with van der Waals surface area (Å²) in [5.41, 5.74) is 0.864. The van der Waals surface area contributed by atoms with Gasteiger partial charge in [0.15, 0.2) is 0 Å². The maximum atomic E-state index is 12.3. The van der Waals surface area contributed by atoms with E-state index >= 15 is 0 Å². The summed E-state index contributed by atoms with van der Waals surface area (Å²) in [5.74, 6) is 1.34. The second kappa shape index (κ2) is 8.70. The molecule has 0 bridgehead atoms. The SMILES string of the molecule is O=C(CCC1CCNCC1)Nc1ccnn1Cc1cccc(Cl)c1Cl. The van der Waals surface area contributed by atoms with Crippen LogP contribution < -0.4 is 10.6 Å². The molecule has 2 aromatic rings. The minimum absolute atomic E-state index is 0.0254. The minimum Gasteiger partial charge on any atom is -0.317 e. The van der Waals surface area contributed by atoms with Crippen LogP contribution in [0.25, 0.3) is 0 Å². The monoisotopic (exact) mass is 380 g/mol. The first kappa shape index (κ1) is 18.2. The van der Waals surface area contributed by atoms with E-state index in [0.717, 1.165) is 37.9 Å². The fourth-order valence-electron chi connectivity index (χ4n) is 3.11. The zero-order valence-electron chi connectivity index (χ0n) is 14.0. The van der Waals surface area contributed by atoms with Crippen molar-refractivity contribution in [2.45, 2.75) is 32.2 Å². The number of hydrogen-bond donors (Lipinski definition) is 2. The van der Waals surface area contributed by atoms with Crippen molar-refractivity contribution in [3.8, 4) is 0 Å². The van der Waals surface area contributed by atoms with Crippen molar-refractivity contribution in [1.29, 1.82) is 0 Å². The molecule has 0 saturated carbocycles. The van der Waals surface area contributed by atoms with Gasteiger partial charge in [0.1, 0.15) is 5.82 Å². The zero-order chi connectivity index (χ0) is 17.6. The molecule has 3 rings (SSSR count). The lowest BCUT2D eigenvalue weighted by molar-refractivity contribution is -0.116. The molecule has 0 atom stereocenters. The van der Waals surface area contributed by atoms with Gasteiger partial charge in [0.2, 0.25) is 5.91 Å². The second-order valence-corrected chi connectivity index (χ2v) is 7.15. The topological polar surface area (TPSA) is 59.0 Å². The van der Waals surface area contributed by atoms with Crippen LogP contribution in [0.3, 0.4) is 0 Å². The Hall–Kier alpha value is -1.56. The zero-order valence-corrected chi connectivity index (χ0v) is 15.5. The summed E-state index contributed by atoms with van der Waals surface area (Å²) in [6.45, 7) is 2.56. The highest BCUT2D eigenvalue weighted by Crippen LogP contribution is 2.26. The van der Waals surface area contributed by atoms with E-state index in [2.05, 4.69) is 15.7 Å². The number of halogens is 2. The van der Waals surface area contributed by atoms with Crippen molar-refractivity contribution in [3.05, 3.63) is 46.1 Å². The Morgan fingerprint density at radius 2 is 2.08 bits per heavy atom. The standard InChI is InChI=1S/C18H22Cl2N4O/c19-15-3-1-2-14(18(15)20)12-24-16(8-11-22-24)23-17(25)5-4-13-6-9-21-10-7-13/h1-3,8,11,13,21H,4-7,9-10,12H2,(H,23,25). The molecule has 0 spiro atoms. The fourth-order valence-corrected chi connectivity index (χ4v) is 3.49. The molecule has 7 heteroatoms. The van der Waals surface area contributed by atoms with Crippen LogP contribution in [0.5, 0.6) is 0 Å². The normalized spacial score (nSPS) is 15.3. The molecule has 2 N–H and O–H groups in total. The molecule has 0 unspecified atom stereocenters. The van der Waals surface area contributed by atoms with Crippen LogP contribution in [-0.4, -0.2) is 28.8 Å². The molecule has 2 heterocycles. The van der Waals surface area contributed by atoms with E-state index in [1.165, 1.54) is 0 Å². The van der Waals surface area contributed by atoms with E-state index < -0.39 is 0 Å². The number of nitrogens with zero attached hydrogens (tertiary/aromatic N) is 2. The summed E-state index contributed by atoms with van der Waals surface area (Å²) >= 11 is 12.3. The quantitative estimate of drug-likeness (QED) is 0.797. The maximum absolute atomic E-state index is 12.3. The smallest absolute Gasteiger partial charge is 0.225 e. The Balaban J connectivity index is 1.57. The van der Waals surface area contributed by atoms with Crippen LogP contribution in [0, 0.1) is 5.92 Å². The van der Waals surface area contributed by atoms with Gasteiger partial charge in [-0.2, -0.15) is 5.10 Å². The van der Waals surface area contributed by atoms with E-state index in [-0.39, 0.29) is 5.91 Å². The number of nitrogens with one attached hydrogen (secondary N) is 2. The number of aromatic nitrogens is 2. The summed E-state index contributed by atoms with van der Waals surface area (Å²) in [6, 6.07) is 7.30. The molecule has 1 aliphatic rings. The third-order valence-corrected chi connectivity index (χ3v) is 5.43. The van der Waals surface area contributed by atoms with Crippen molar-refractivity contribution in [3.63, 3.8) is 0 Å². The average Bonchev–Trinajstić information content (AvgIpc) is 3.05. The van der Waals surface area contributed by atoms with Crippen LogP contribution in [-0.2, 0) is 11.3 Å². The second-order valence-electron chi connectivity index (χ2n) is 6.37. The Morgan fingerprint density at radius 3 is 2.88 bits per heavy atom. The molecule has 134 valence electrons. The van der Waals surface area contributed by atoms with E-state index in [1.54, 1.807) is 23.0 Å². The highest BCUT2D eigenvalue weighted by Gasteiger charge is 2.15. The first-order valence-electron chi connectivity index (χ1n) is 8.59. The summed E-state index contributed by atoms with van der Waals surface area (Å²) in [5, 5.41) is 11.6. The molecule has 5 nitrogen and oxygen atoms in total. The van der Waals surface area contributed by atoms with Gasteiger partial charge >= 0.3 is 0 Å². The van der Waals surface area contributed by atoms with Gasteiger partial charge in [0, 0.05) is 12.5 Å². The lowest BCUT2D eigenvalue weighted by Gasteiger charge is -2.22. The molecule has 1 saturated heterocycles. The van der Waals surface area contributed by atoms with Crippen molar-refractivity contribution in [1.82, 2.24) is 15.1 Å². The van der Waals surface area contributed by atoms with Crippen molar-refractivity contribution in [2.75, 3.05) is 18.4 Å². The Labute approximate surface area is 157 Å². The summed E-state index contributed by atoms with van der Waals surface area (Å²) in [4.78, 5) is 12.3. The summed E-state index contributed by atoms with van der Waals surface area (Å²) in [6.07, 6.45) is 5.44. The lowest BCUT2D eigenvalue weighted by Crippen LogP contribution is -2.28. The fraction of sp³-hybridized carbons (Fsp3) is 0.444. The number of hydrogen-bond acceptors (Lipinski definition) is 3. The molecule has 1 aliphatic heterocycles. The summed E-state index contributed by atoms with van der Waals surface area (Å²) < 4.78 is 1.72. The van der Waals surface area contributed by atoms with E-state index in [9.17, 15) is 4.79 Å². The molecule has 1 amide bonds. The Morgan fingerprint density at radius 1 is 1.28 bits per heavy atom. The van der Waals surface area contributed by atoms with Gasteiger partial charge in [-0.3, -0.25) is 4.79 Å². The van der Waals surface area contributed by atoms with Gasteiger partial charge < -0.3 is 10.6 Å². The number of rotatable bonds is 6. The van der Waals surface area contributed by atoms with Gasteiger partial charge in [-0.25, -0.2) is 4.68 Å². The molecule has 1 aromatic carbocycles. The van der Waals surface area contributed by atoms with Crippen molar-refractivity contribution in [2.24, 2.45) is 5.92 Å². The number of carbonyl (C=O) groups excluding carboxylic acids is 1.